The molecule has 0 radical (unpaired) electrons. The second-order valence-corrected chi connectivity index (χ2v) is 8.99. The quantitative estimate of drug-likeness (QED) is 0.0864. The summed E-state index contributed by atoms with van der Waals surface area (Å²) < 4.78 is 15.4. The summed E-state index contributed by atoms with van der Waals surface area (Å²) in [5.41, 5.74) is 0.616. The highest BCUT2D eigenvalue weighted by Crippen LogP contribution is 2.29. The molecule has 1 aromatic carbocycles. The van der Waals surface area contributed by atoms with Crippen molar-refractivity contribution in [2.24, 2.45) is 0 Å². The molecule has 0 amide bonds. The summed E-state index contributed by atoms with van der Waals surface area (Å²) in [6.45, 7) is 5.19. The third-order valence-corrected chi connectivity index (χ3v) is 5.63. The lowest BCUT2D eigenvalue weighted by atomic mass is 10.0. The van der Waals surface area contributed by atoms with Gasteiger partial charge in [0.25, 0.3) is 0 Å². The van der Waals surface area contributed by atoms with Crippen molar-refractivity contribution < 1.29 is 28.6 Å². The minimum absolute atomic E-state index is 0.116. The summed E-state index contributed by atoms with van der Waals surface area (Å²) >= 11 is 0. The standard InChI is InChI=1S/C29H44O6/c1-4-5-6-7-8-9-10-11-12-13-14-15-16-17-22-33-29(32)21-19-26-18-20-27(34-24(2)30)28(23-26)35-25(3)31/h18-21,23H,4-17,22H2,1-3H3. The summed E-state index contributed by atoms with van der Waals surface area (Å²) in [4.78, 5) is 34.5. The van der Waals surface area contributed by atoms with Crippen molar-refractivity contribution in [2.45, 2.75) is 111 Å². The number of ether oxygens (including phenoxy) is 3. The molecule has 0 heterocycles. The first kappa shape index (κ1) is 30.4. The molecule has 35 heavy (non-hydrogen) atoms. The van der Waals surface area contributed by atoms with Crippen LogP contribution in [-0.2, 0) is 19.1 Å². The molecule has 0 fully saturated rings. The lowest BCUT2D eigenvalue weighted by molar-refractivity contribution is -0.138. The number of esters is 3. The molecule has 0 aliphatic carbocycles. The van der Waals surface area contributed by atoms with Gasteiger partial charge in [0, 0.05) is 19.9 Å². The molecule has 1 rings (SSSR count). The van der Waals surface area contributed by atoms with Gasteiger partial charge in [0.1, 0.15) is 0 Å². The van der Waals surface area contributed by atoms with E-state index in [0.29, 0.717) is 12.2 Å². The number of rotatable bonds is 19. The minimum Gasteiger partial charge on any atom is -0.463 e. The second-order valence-electron chi connectivity index (χ2n) is 8.99. The van der Waals surface area contributed by atoms with E-state index in [9.17, 15) is 14.4 Å². The van der Waals surface area contributed by atoms with E-state index in [1.54, 1.807) is 12.1 Å². The highest BCUT2D eigenvalue weighted by atomic mass is 16.6. The Morgan fingerprint density at radius 2 is 1.17 bits per heavy atom. The van der Waals surface area contributed by atoms with Gasteiger partial charge in [-0.05, 0) is 30.2 Å². The van der Waals surface area contributed by atoms with E-state index >= 15 is 0 Å². The Hall–Kier alpha value is -2.63. The Balaban J connectivity index is 2.14. The molecule has 0 bridgehead atoms. The number of carbonyl (C=O) groups is 3. The molecule has 0 aliphatic heterocycles. The Morgan fingerprint density at radius 1 is 0.686 bits per heavy atom. The van der Waals surface area contributed by atoms with Gasteiger partial charge in [0.15, 0.2) is 11.5 Å². The third kappa shape index (κ3) is 16.6. The lowest BCUT2D eigenvalue weighted by Gasteiger charge is -2.09. The highest BCUT2D eigenvalue weighted by Gasteiger charge is 2.10. The van der Waals surface area contributed by atoms with E-state index < -0.39 is 17.9 Å². The number of carbonyl (C=O) groups excluding carboxylic acids is 3. The van der Waals surface area contributed by atoms with Gasteiger partial charge in [0.2, 0.25) is 0 Å². The SMILES string of the molecule is CCCCCCCCCCCCCCCCOC(=O)C=Cc1ccc(OC(C)=O)c(OC(C)=O)c1. The average molecular weight is 489 g/mol. The van der Waals surface area contributed by atoms with Gasteiger partial charge in [-0.2, -0.15) is 0 Å². The maximum absolute atomic E-state index is 12.0. The van der Waals surface area contributed by atoms with Crippen LogP contribution >= 0.6 is 0 Å². The maximum atomic E-state index is 12.0. The van der Waals surface area contributed by atoms with E-state index in [-0.39, 0.29) is 11.5 Å². The fourth-order valence-corrected chi connectivity index (χ4v) is 3.78. The number of unbranched alkanes of at least 4 members (excludes halogenated alkanes) is 13. The van der Waals surface area contributed by atoms with Crippen LogP contribution in [0.4, 0.5) is 0 Å². The van der Waals surface area contributed by atoms with Crippen LogP contribution in [0.5, 0.6) is 11.5 Å². The van der Waals surface area contributed by atoms with Crippen molar-refractivity contribution in [3.05, 3.63) is 29.8 Å². The molecular weight excluding hydrogens is 444 g/mol. The van der Waals surface area contributed by atoms with Crippen LogP contribution in [-0.4, -0.2) is 24.5 Å². The van der Waals surface area contributed by atoms with E-state index in [0.717, 1.165) is 12.8 Å². The zero-order valence-electron chi connectivity index (χ0n) is 21.9. The Bertz CT molecular complexity index is 783. The maximum Gasteiger partial charge on any atom is 0.330 e. The third-order valence-electron chi connectivity index (χ3n) is 5.63. The van der Waals surface area contributed by atoms with Crippen LogP contribution in [0.3, 0.4) is 0 Å². The average Bonchev–Trinajstić information content (AvgIpc) is 2.81. The van der Waals surface area contributed by atoms with E-state index in [1.807, 2.05) is 0 Å². The smallest absolute Gasteiger partial charge is 0.330 e. The van der Waals surface area contributed by atoms with Gasteiger partial charge in [-0.15, -0.1) is 0 Å². The van der Waals surface area contributed by atoms with Crippen molar-refractivity contribution in [2.75, 3.05) is 6.61 Å². The zero-order valence-corrected chi connectivity index (χ0v) is 21.9. The van der Waals surface area contributed by atoms with Gasteiger partial charge in [-0.3, -0.25) is 9.59 Å². The first-order chi connectivity index (χ1) is 16.9. The fourth-order valence-electron chi connectivity index (χ4n) is 3.78. The van der Waals surface area contributed by atoms with Crippen molar-refractivity contribution >= 4 is 24.0 Å². The fraction of sp³-hybridized carbons (Fsp3) is 0.621. The molecular formula is C29H44O6. The number of hydrogen-bond donors (Lipinski definition) is 0. The van der Waals surface area contributed by atoms with E-state index in [4.69, 9.17) is 14.2 Å². The summed E-state index contributed by atoms with van der Waals surface area (Å²) in [6, 6.07) is 4.69. The first-order valence-electron chi connectivity index (χ1n) is 13.3. The number of benzene rings is 1. The van der Waals surface area contributed by atoms with Gasteiger partial charge in [-0.1, -0.05) is 96.5 Å². The lowest BCUT2D eigenvalue weighted by Crippen LogP contribution is -2.07. The highest BCUT2D eigenvalue weighted by molar-refractivity contribution is 5.87. The monoisotopic (exact) mass is 488 g/mol. The topological polar surface area (TPSA) is 78.9 Å². The summed E-state index contributed by atoms with van der Waals surface area (Å²) in [5, 5.41) is 0. The largest absolute Gasteiger partial charge is 0.463 e. The van der Waals surface area contributed by atoms with Crippen LogP contribution in [0, 0.1) is 0 Å². The molecule has 0 saturated carbocycles. The van der Waals surface area contributed by atoms with Crippen LogP contribution in [0.1, 0.15) is 116 Å². The van der Waals surface area contributed by atoms with Gasteiger partial charge in [-0.25, -0.2) is 4.79 Å². The summed E-state index contributed by atoms with van der Waals surface area (Å²) in [6.07, 6.45) is 20.9. The molecule has 6 heteroatoms. The normalized spacial score (nSPS) is 10.9. The predicted molar refractivity (Wildman–Crippen MR) is 139 cm³/mol. The summed E-state index contributed by atoms with van der Waals surface area (Å²) in [5.74, 6) is -1.21. The second kappa shape index (κ2) is 19.7. The van der Waals surface area contributed by atoms with E-state index in [1.165, 1.54) is 109 Å². The van der Waals surface area contributed by atoms with Crippen molar-refractivity contribution in [3.63, 3.8) is 0 Å². The van der Waals surface area contributed by atoms with E-state index in [2.05, 4.69) is 6.92 Å². The Kier molecular flexibility index (Phi) is 17.1. The predicted octanol–water partition coefficient (Wildman–Crippen LogP) is 7.57. The Morgan fingerprint density at radius 3 is 1.69 bits per heavy atom. The van der Waals surface area contributed by atoms with Crippen LogP contribution < -0.4 is 9.47 Å². The molecule has 0 spiro atoms. The van der Waals surface area contributed by atoms with Gasteiger partial charge in [0.05, 0.1) is 6.61 Å². The van der Waals surface area contributed by atoms with Crippen LogP contribution in [0.15, 0.2) is 24.3 Å². The summed E-state index contributed by atoms with van der Waals surface area (Å²) in [7, 11) is 0. The number of hydrogen-bond acceptors (Lipinski definition) is 6. The van der Waals surface area contributed by atoms with Crippen molar-refractivity contribution in [3.8, 4) is 11.5 Å². The molecule has 0 N–H and O–H groups in total. The zero-order chi connectivity index (χ0) is 25.7. The molecule has 1 aromatic rings. The molecule has 0 atom stereocenters. The molecule has 0 aromatic heterocycles. The first-order valence-corrected chi connectivity index (χ1v) is 13.3. The molecule has 6 nitrogen and oxygen atoms in total. The van der Waals surface area contributed by atoms with Crippen LogP contribution in [0.2, 0.25) is 0 Å². The van der Waals surface area contributed by atoms with Crippen molar-refractivity contribution in [1.82, 2.24) is 0 Å². The molecule has 0 saturated heterocycles. The Labute approximate surface area is 211 Å². The molecule has 196 valence electrons. The van der Waals surface area contributed by atoms with Crippen molar-refractivity contribution in [1.29, 1.82) is 0 Å². The van der Waals surface area contributed by atoms with Gasteiger partial charge >= 0.3 is 17.9 Å². The van der Waals surface area contributed by atoms with Gasteiger partial charge < -0.3 is 14.2 Å². The molecule has 0 aliphatic rings. The molecule has 0 unspecified atom stereocenters. The minimum atomic E-state index is -0.535. The van der Waals surface area contributed by atoms with Crippen LogP contribution in [0.25, 0.3) is 6.08 Å².